The molecule has 0 amide bonds. The summed E-state index contributed by atoms with van der Waals surface area (Å²) in [6, 6.07) is 1.37. The Balaban J connectivity index is 3.08. The summed E-state index contributed by atoms with van der Waals surface area (Å²) < 4.78 is 15.4. The van der Waals surface area contributed by atoms with Crippen molar-refractivity contribution in [2.45, 2.75) is 32.4 Å². The molecule has 0 spiro atoms. The van der Waals surface area contributed by atoms with Gasteiger partial charge in [-0.05, 0) is 27.7 Å². The number of rotatable bonds is 3. The summed E-state index contributed by atoms with van der Waals surface area (Å²) in [6.45, 7) is 7.09. The molecule has 18 heavy (non-hydrogen) atoms. The molecule has 0 aliphatic rings. The van der Waals surface area contributed by atoms with Crippen molar-refractivity contribution in [2.75, 3.05) is 0 Å². The van der Waals surface area contributed by atoms with Crippen LogP contribution >= 0.6 is 0 Å². The lowest BCUT2D eigenvalue weighted by Crippen LogP contribution is -2.20. The number of pyridine rings is 1. The van der Waals surface area contributed by atoms with Crippen LogP contribution in [0.25, 0.3) is 0 Å². The van der Waals surface area contributed by atoms with E-state index in [1.54, 1.807) is 6.92 Å². The second-order valence-corrected chi connectivity index (χ2v) is 6.63. The molecule has 0 aliphatic carbocycles. The van der Waals surface area contributed by atoms with E-state index in [-0.39, 0.29) is 5.69 Å². The smallest absolute Gasteiger partial charge is 0.258 e. The van der Waals surface area contributed by atoms with Crippen molar-refractivity contribution in [1.29, 1.82) is 0 Å². The Kier molecular flexibility index (Phi) is 4.28. The molecule has 7 heteroatoms. The summed E-state index contributed by atoms with van der Waals surface area (Å²) in [5, 5.41) is 10.6. The first-order valence-corrected chi connectivity index (χ1v) is 6.39. The molecule has 0 aromatic carbocycles. The lowest BCUT2D eigenvalue weighted by molar-refractivity contribution is -0.385. The summed E-state index contributed by atoms with van der Waals surface area (Å²) in [5.74, 6) is 0. The normalized spacial score (nSPS) is 14.3. The Hall–Kier alpha value is -1.63. The van der Waals surface area contributed by atoms with E-state index in [0.29, 0.717) is 11.3 Å². The van der Waals surface area contributed by atoms with Gasteiger partial charge < -0.3 is 0 Å². The minimum absolute atomic E-state index is 0.108. The Bertz CT molecular complexity index is 521. The average molecular weight is 269 g/mol. The summed E-state index contributed by atoms with van der Waals surface area (Å²) in [4.78, 5) is 13.9. The van der Waals surface area contributed by atoms with Crippen LogP contribution < -0.4 is 0 Å². The van der Waals surface area contributed by atoms with Crippen LogP contribution in [0.5, 0.6) is 0 Å². The van der Waals surface area contributed by atoms with Crippen LogP contribution in [0.15, 0.2) is 22.9 Å². The van der Waals surface area contributed by atoms with E-state index in [0.717, 1.165) is 6.20 Å². The van der Waals surface area contributed by atoms with Gasteiger partial charge in [0, 0.05) is 17.8 Å². The standard InChI is InChI=1S/C11H15N3O3S/c1-8(13-18(17)11(2,3)4)9-5-10(14(15)16)7-12-6-9/h5-7H,1-4H3/b13-8+/t18-/m1/s1. The van der Waals surface area contributed by atoms with Gasteiger partial charge in [-0.3, -0.25) is 15.1 Å². The Labute approximate surface area is 108 Å². The zero-order valence-corrected chi connectivity index (χ0v) is 11.5. The molecule has 0 aliphatic heterocycles. The molecule has 98 valence electrons. The third-order valence-corrected chi connectivity index (χ3v) is 3.58. The first kappa shape index (κ1) is 14.4. The molecule has 1 rings (SSSR count). The van der Waals surface area contributed by atoms with Gasteiger partial charge in [0.25, 0.3) is 5.69 Å². The minimum Gasteiger partial charge on any atom is -0.258 e. The van der Waals surface area contributed by atoms with Crippen LogP contribution in [0.4, 0.5) is 5.69 Å². The SMILES string of the molecule is C/C(=N\[S@](=O)C(C)(C)C)c1cncc([N+](=O)[O-])c1. The summed E-state index contributed by atoms with van der Waals surface area (Å²) in [5.41, 5.74) is 0.866. The highest BCUT2D eigenvalue weighted by molar-refractivity contribution is 7.85. The summed E-state index contributed by atoms with van der Waals surface area (Å²) in [7, 11) is -1.39. The highest BCUT2D eigenvalue weighted by atomic mass is 32.2. The number of nitro groups is 1. The van der Waals surface area contributed by atoms with Gasteiger partial charge in [-0.2, -0.15) is 4.40 Å². The monoisotopic (exact) mass is 269 g/mol. The lowest BCUT2D eigenvalue weighted by atomic mass is 10.2. The van der Waals surface area contributed by atoms with Crippen LogP contribution in [0, 0.1) is 10.1 Å². The molecule has 6 nitrogen and oxygen atoms in total. The van der Waals surface area contributed by atoms with E-state index in [1.807, 2.05) is 20.8 Å². The van der Waals surface area contributed by atoms with Crippen LogP contribution in [0.2, 0.25) is 0 Å². The van der Waals surface area contributed by atoms with E-state index in [4.69, 9.17) is 0 Å². The van der Waals surface area contributed by atoms with E-state index in [9.17, 15) is 14.3 Å². The first-order chi connectivity index (χ1) is 8.21. The van der Waals surface area contributed by atoms with Crippen LogP contribution in [-0.2, 0) is 11.0 Å². The van der Waals surface area contributed by atoms with Gasteiger partial charge in [0.05, 0.1) is 15.4 Å². The molecule has 1 aromatic rings. The number of hydrogen-bond donors (Lipinski definition) is 0. The zero-order valence-electron chi connectivity index (χ0n) is 10.7. The largest absolute Gasteiger partial charge is 0.288 e. The van der Waals surface area contributed by atoms with Gasteiger partial charge in [0.15, 0.2) is 0 Å². The Morgan fingerprint density at radius 2 is 2.06 bits per heavy atom. The Morgan fingerprint density at radius 3 is 2.56 bits per heavy atom. The quantitative estimate of drug-likeness (QED) is 0.478. The second kappa shape index (κ2) is 5.34. The van der Waals surface area contributed by atoms with Gasteiger partial charge in [0.1, 0.15) is 17.2 Å². The molecule has 0 fully saturated rings. The predicted octanol–water partition coefficient (Wildman–Crippen LogP) is 2.26. The van der Waals surface area contributed by atoms with Gasteiger partial charge >= 0.3 is 0 Å². The number of hydrogen-bond acceptors (Lipinski definition) is 4. The highest BCUT2D eigenvalue weighted by Gasteiger charge is 2.19. The predicted molar refractivity (Wildman–Crippen MR) is 71.0 cm³/mol. The molecular weight excluding hydrogens is 254 g/mol. The van der Waals surface area contributed by atoms with Crippen molar-refractivity contribution in [3.63, 3.8) is 0 Å². The molecule has 0 saturated heterocycles. The molecule has 0 saturated carbocycles. The molecule has 1 heterocycles. The fourth-order valence-electron chi connectivity index (χ4n) is 1.04. The average Bonchev–Trinajstić information content (AvgIpc) is 2.27. The van der Waals surface area contributed by atoms with E-state index in [2.05, 4.69) is 9.38 Å². The molecule has 0 N–H and O–H groups in total. The fraction of sp³-hybridized carbons (Fsp3) is 0.455. The van der Waals surface area contributed by atoms with Gasteiger partial charge in [-0.25, -0.2) is 4.21 Å². The Morgan fingerprint density at radius 1 is 1.44 bits per heavy atom. The van der Waals surface area contributed by atoms with E-state index < -0.39 is 20.7 Å². The molecule has 1 aromatic heterocycles. The van der Waals surface area contributed by atoms with Crippen LogP contribution in [0.1, 0.15) is 33.3 Å². The van der Waals surface area contributed by atoms with E-state index >= 15 is 0 Å². The van der Waals surface area contributed by atoms with Crippen molar-refractivity contribution < 1.29 is 9.13 Å². The maximum Gasteiger partial charge on any atom is 0.288 e. The first-order valence-electron chi connectivity index (χ1n) is 5.29. The highest BCUT2D eigenvalue weighted by Crippen LogP contribution is 2.16. The molecule has 0 radical (unpaired) electrons. The van der Waals surface area contributed by atoms with Gasteiger partial charge in [-0.1, -0.05) is 0 Å². The second-order valence-electron chi connectivity index (χ2n) is 4.73. The number of aromatic nitrogens is 1. The van der Waals surface area contributed by atoms with Gasteiger partial charge in [0.2, 0.25) is 0 Å². The maximum atomic E-state index is 11.8. The number of nitrogens with zero attached hydrogens (tertiary/aromatic N) is 3. The lowest BCUT2D eigenvalue weighted by Gasteiger charge is -2.13. The van der Waals surface area contributed by atoms with Crippen molar-refractivity contribution in [3.05, 3.63) is 34.1 Å². The van der Waals surface area contributed by atoms with Crippen LogP contribution in [-0.4, -0.2) is 24.6 Å². The summed E-state index contributed by atoms with van der Waals surface area (Å²) in [6.07, 6.45) is 2.63. The van der Waals surface area contributed by atoms with Crippen molar-refractivity contribution in [1.82, 2.24) is 4.98 Å². The molecule has 0 bridgehead atoms. The maximum absolute atomic E-state index is 11.8. The molecule has 0 unspecified atom stereocenters. The molecule has 1 atom stereocenters. The van der Waals surface area contributed by atoms with Crippen molar-refractivity contribution in [3.8, 4) is 0 Å². The topological polar surface area (TPSA) is 85.5 Å². The van der Waals surface area contributed by atoms with E-state index in [1.165, 1.54) is 12.3 Å². The van der Waals surface area contributed by atoms with Crippen LogP contribution in [0.3, 0.4) is 0 Å². The van der Waals surface area contributed by atoms with Crippen molar-refractivity contribution in [2.24, 2.45) is 4.40 Å². The fourth-order valence-corrected chi connectivity index (χ4v) is 1.67. The third kappa shape index (κ3) is 3.69. The minimum atomic E-state index is -1.39. The van der Waals surface area contributed by atoms with Crippen molar-refractivity contribution >= 4 is 22.4 Å². The summed E-state index contributed by atoms with van der Waals surface area (Å²) >= 11 is 0. The van der Waals surface area contributed by atoms with Gasteiger partial charge in [-0.15, -0.1) is 0 Å². The third-order valence-electron chi connectivity index (χ3n) is 2.10. The zero-order chi connectivity index (χ0) is 13.9. The molecular formula is C11H15N3O3S.